The Morgan fingerprint density at radius 1 is 1.24 bits per heavy atom. The van der Waals surface area contributed by atoms with E-state index in [9.17, 15) is 0 Å². The van der Waals surface area contributed by atoms with Crippen LogP contribution in [0.25, 0.3) is 10.6 Å². The molecule has 0 amide bonds. The number of thiophene rings is 1. The molecule has 4 rings (SSSR count). The zero-order valence-corrected chi connectivity index (χ0v) is 14.9. The topological polar surface area (TPSA) is 54.0 Å². The summed E-state index contributed by atoms with van der Waals surface area (Å²) in [4.78, 5) is 8.13. The minimum Gasteiger partial charge on any atom is -0.377 e. The Morgan fingerprint density at radius 3 is 3.00 bits per heavy atom. The fraction of sp³-hybridized carbons (Fsp3) is 0.368. The number of pyridine rings is 1. The van der Waals surface area contributed by atoms with Gasteiger partial charge in [-0.05, 0) is 36.4 Å². The Labute approximate surface area is 151 Å². The van der Waals surface area contributed by atoms with Crippen LogP contribution in [-0.4, -0.2) is 39.3 Å². The standard InChI is InChI=1S/C19H22N4OS/c1-2-8-20-16(5-1)13-23(14-17-6-3-9-24-17)12-15-11-21-22-19(15)18-7-4-10-25-18/h1-2,4-5,7-8,10-11,17H,3,6,9,12-14H2,(H,21,22)/t17-/m1/s1. The minimum absolute atomic E-state index is 0.320. The van der Waals surface area contributed by atoms with Crippen LogP contribution in [0.4, 0.5) is 0 Å². The molecule has 1 N–H and O–H groups in total. The summed E-state index contributed by atoms with van der Waals surface area (Å²) in [7, 11) is 0. The third-order valence-electron chi connectivity index (χ3n) is 4.48. The van der Waals surface area contributed by atoms with Gasteiger partial charge in [-0.25, -0.2) is 0 Å². The molecule has 1 aliphatic rings. The van der Waals surface area contributed by atoms with Crippen LogP contribution in [0.1, 0.15) is 24.1 Å². The van der Waals surface area contributed by atoms with Gasteiger partial charge in [-0.1, -0.05) is 12.1 Å². The number of hydrogen-bond donors (Lipinski definition) is 1. The van der Waals surface area contributed by atoms with E-state index in [4.69, 9.17) is 4.74 Å². The number of nitrogens with one attached hydrogen (secondary N) is 1. The number of hydrogen-bond acceptors (Lipinski definition) is 5. The highest BCUT2D eigenvalue weighted by Crippen LogP contribution is 2.27. The number of nitrogens with zero attached hydrogens (tertiary/aromatic N) is 3. The molecule has 5 nitrogen and oxygen atoms in total. The first kappa shape index (κ1) is 16.4. The average molecular weight is 354 g/mol. The van der Waals surface area contributed by atoms with Crippen molar-refractivity contribution in [2.45, 2.75) is 32.0 Å². The van der Waals surface area contributed by atoms with Crippen molar-refractivity contribution in [1.82, 2.24) is 20.1 Å². The Kier molecular flexibility index (Phi) is 5.20. The molecule has 6 heteroatoms. The van der Waals surface area contributed by atoms with Crippen molar-refractivity contribution >= 4 is 11.3 Å². The summed E-state index contributed by atoms with van der Waals surface area (Å²) in [6.07, 6.45) is 6.42. The normalized spacial score (nSPS) is 17.4. The van der Waals surface area contributed by atoms with Gasteiger partial charge in [0.25, 0.3) is 0 Å². The summed E-state index contributed by atoms with van der Waals surface area (Å²) in [6, 6.07) is 10.3. The van der Waals surface area contributed by atoms with Gasteiger partial charge < -0.3 is 4.74 Å². The highest BCUT2D eigenvalue weighted by Gasteiger charge is 2.21. The minimum atomic E-state index is 0.320. The van der Waals surface area contributed by atoms with Crippen molar-refractivity contribution in [2.75, 3.05) is 13.2 Å². The van der Waals surface area contributed by atoms with Crippen LogP contribution < -0.4 is 0 Å². The molecule has 3 aromatic rings. The first-order chi connectivity index (χ1) is 12.4. The molecule has 0 aromatic carbocycles. The highest BCUT2D eigenvalue weighted by atomic mass is 32.1. The van der Waals surface area contributed by atoms with Gasteiger partial charge in [0, 0.05) is 38.0 Å². The second-order valence-corrected chi connectivity index (χ2v) is 7.32. The van der Waals surface area contributed by atoms with Crippen LogP contribution >= 0.6 is 11.3 Å². The van der Waals surface area contributed by atoms with Crippen molar-refractivity contribution in [3.8, 4) is 10.6 Å². The molecule has 0 spiro atoms. The number of ether oxygens (including phenoxy) is 1. The lowest BCUT2D eigenvalue weighted by atomic mass is 10.1. The quantitative estimate of drug-likeness (QED) is 0.703. The average Bonchev–Trinajstić information content (AvgIpc) is 3.38. The summed E-state index contributed by atoms with van der Waals surface area (Å²) < 4.78 is 5.86. The van der Waals surface area contributed by atoms with Gasteiger partial charge in [-0.15, -0.1) is 11.3 Å². The lowest BCUT2D eigenvalue weighted by Gasteiger charge is -2.24. The SMILES string of the molecule is c1ccc(CN(Cc2cn[nH]c2-c2cccs2)C[C@H]2CCCO2)nc1. The third kappa shape index (κ3) is 4.15. The van der Waals surface area contributed by atoms with Crippen LogP contribution in [0.5, 0.6) is 0 Å². The van der Waals surface area contributed by atoms with E-state index in [1.54, 1.807) is 11.3 Å². The lowest BCUT2D eigenvalue weighted by molar-refractivity contribution is 0.0675. The third-order valence-corrected chi connectivity index (χ3v) is 5.36. The van der Waals surface area contributed by atoms with Crippen molar-refractivity contribution < 1.29 is 4.74 Å². The molecular formula is C19H22N4OS. The van der Waals surface area contributed by atoms with Gasteiger partial charge in [0.05, 0.1) is 28.6 Å². The smallest absolute Gasteiger partial charge is 0.0794 e. The van der Waals surface area contributed by atoms with Gasteiger partial charge in [0.1, 0.15) is 0 Å². The summed E-state index contributed by atoms with van der Waals surface area (Å²) >= 11 is 1.73. The van der Waals surface area contributed by atoms with Crippen molar-refractivity contribution in [3.05, 3.63) is 59.4 Å². The van der Waals surface area contributed by atoms with E-state index in [-0.39, 0.29) is 0 Å². The molecule has 0 unspecified atom stereocenters. The Morgan fingerprint density at radius 2 is 2.24 bits per heavy atom. The van der Waals surface area contributed by atoms with Crippen molar-refractivity contribution in [3.63, 3.8) is 0 Å². The summed E-state index contributed by atoms with van der Waals surface area (Å²) in [6.45, 7) is 3.45. The Balaban J connectivity index is 1.52. The molecule has 0 aliphatic carbocycles. The molecule has 0 radical (unpaired) electrons. The molecule has 3 aromatic heterocycles. The summed E-state index contributed by atoms with van der Waals surface area (Å²) in [5.74, 6) is 0. The molecule has 1 aliphatic heterocycles. The van der Waals surface area contributed by atoms with E-state index in [0.717, 1.165) is 50.5 Å². The largest absolute Gasteiger partial charge is 0.377 e. The van der Waals surface area contributed by atoms with Crippen LogP contribution in [0.15, 0.2) is 48.1 Å². The van der Waals surface area contributed by atoms with Gasteiger partial charge in [-0.3, -0.25) is 15.0 Å². The van der Waals surface area contributed by atoms with Crippen LogP contribution in [0, 0.1) is 0 Å². The van der Waals surface area contributed by atoms with Gasteiger partial charge in [0.2, 0.25) is 0 Å². The molecular weight excluding hydrogens is 332 g/mol. The maximum Gasteiger partial charge on any atom is 0.0794 e. The Bertz CT molecular complexity index is 766. The van der Waals surface area contributed by atoms with E-state index in [1.807, 2.05) is 24.5 Å². The van der Waals surface area contributed by atoms with E-state index in [2.05, 4.69) is 43.7 Å². The molecule has 1 fully saturated rings. The summed E-state index contributed by atoms with van der Waals surface area (Å²) in [5, 5.41) is 9.53. The number of rotatable bonds is 7. The maximum absolute atomic E-state index is 5.86. The molecule has 0 bridgehead atoms. The highest BCUT2D eigenvalue weighted by molar-refractivity contribution is 7.13. The van der Waals surface area contributed by atoms with E-state index >= 15 is 0 Å². The van der Waals surface area contributed by atoms with Crippen LogP contribution in [-0.2, 0) is 17.8 Å². The number of aromatic nitrogens is 3. The fourth-order valence-electron chi connectivity index (χ4n) is 3.29. The monoisotopic (exact) mass is 354 g/mol. The molecule has 0 saturated carbocycles. The predicted molar refractivity (Wildman–Crippen MR) is 99.2 cm³/mol. The van der Waals surface area contributed by atoms with E-state index in [1.165, 1.54) is 10.4 Å². The molecule has 130 valence electrons. The molecule has 1 saturated heterocycles. The van der Waals surface area contributed by atoms with Gasteiger partial charge >= 0.3 is 0 Å². The lowest BCUT2D eigenvalue weighted by Crippen LogP contribution is -2.31. The molecule has 1 atom stereocenters. The first-order valence-electron chi connectivity index (χ1n) is 8.68. The van der Waals surface area contributed by atoms with Gasteiger partial charge in [-0.2, -0.15) is 5.10 Å². The van der Waals surface area contributed by atoms with E-state index in [0.29, 0.717) is 6.10 Å². The van der Waals surface area contributed by atoms with Crippen LogP contribution in [0.2, 0.25) is 0 Å². The second-order valence-electron chi connectivity index (χ2n) is 6.37. The fourth-order valence-corrected chi connectivity index (χ4v) is 4.04. The number of aromatic amines is 1. The van der Waals surface area contributed by atoms with Crippen LogP contribution in [0.3, 0.4) is 0 Å². The zero-order chi connectivity index (χ0) is 16.9. The molecule has 25 heavy (non-hydrogen) atoms. The zero-order valence-electron chi connectivity index (χ0n) is 14.1. The second kappa shape index (κ2) is 7.91. The molecule has 4 heterocycles. The number of H-pyrrole nitrogens is 1. The van der Waals surface area contributed by atoms with Gasteiger partial charge in [0.15, 0.2) is 0 Å². The van der Waals surface area contributed by atoms with Crippen molar-refractivity contribution in [2.24, 2.45) is 0 Å². The predicted octanol–water partition coefficient (Wildman–Crippen LogP) is 3.71. The van der Waals surface area contributed by atoms with E-state index < -0.39 is 0 Å². The summed E-state index contributed by atoms with van der Waals surface area (Å²) in [5.41, 5.74) is 3.42. The first-order valence-corrected chi connectivity index (χ1v) is 9.56. The maximum atomic E-state index is 5.86. The Hall–Kier alpha value is -2.02. The van der Waals surface area contributed by atoms with Crippen molar-refractivity contribution in [1.29, 1.82) is 0 Å².